The number of hydrogen-bond donors (Lipinski definition) is 1. The molecule has 2 aliphatic heterocycles. The highest BCUT2D eigenvalue weighted by Gasteiger charge is 2.45. The summed E-state index contributed by atoms with van der Waals surface area (Å²) in [6.45, 7) is 4.44. The summed E-state index contributed by atoms with van der Waals surface area (Å²) in [7, 11) is 0. The molecule has 0 bridgehead atoms. The van der Waals surface area contributed by atoms with E-state index in [-0.39, 0.29) is 17.0 Å². The molecule has 1 aromatic heterocycles. The Bertz CT molecular complexity index is 1360. The lowest BCUT2D eigenvalue weighted by Gasteiger charge is -2.26. The Labute approximate surface area is 213 Å². The Morgan fingerprint density at radius 3 is 2.19 bits per heavy atom. The smallest absolute Gasteiger partial charge is 0.295 e. The number of anilines is 2. The van der Waals surface area contributed by atoms with E-state index in [1.807, 2.05) is 12.1 Å². The predicted molar refractivity (Wildman–Crippen MR) is 135 cm³/mol. The first-order valence-electron chi connectivity index (χ1n) is 12.1. The van der Waals surface area contributed by atoms with Crippen LogP contribution in [0.3, 0.4) is 0 Å². The van der Waals surface area contributed by atoms with E-state index in [1.165, 1.54) is 29.2 Å². The highest BCUT2D eigenvalue weighted by Crippen LogP contribution is 2.42. The minimum Gasteiger partial charge on any atom is -0.503 e. The molecule has 0 saturated carbocycles. The lowest BCUT2D eigenvalue weighted by atomic mass is 9.91. The molecule has 1 unspecified atom stereocenters. The Balaban J connectivity index is 1.56. The highest BCUT2D eigenvalue weighted by atomic mass is 19.3. The number of aliphatic hydroxyl groups excluding tert-OH is 1. The SMILES string of the molecule is Cc1ccc(N2C(=O)C(O)=C(C(=O)c3ccc(N4CCCC4)cc3)C2c2ccc(C(C)(F)F)cc2)nn1. The van der Waals surface area contributed by atoms with Crippen LogP contribution in [0.5, 0.6) is 0 Å². The number of carbonyl (C=O) groups is 2. The van der Waals surface area contributed by atoms with Gasteiger partial charge in [0.2, 0.25) is 0 Å². The van der Waals surface area contributed by atoms with E-state index in [0.717, 1.165) is 38.5 Å². The van der Waals surface area contributed by atoms with Crippen molar-refractivity contribution in [2.75, 3.05) is 22.9 Å². The average molecular weight is 505 g/mol. The third kappa shape index (κ3) is 4.57. The van der Waals surface area contributed by atoms with E-state index in [9.17, 15) is 23.5 Å². The summed E-state index contributed by atoms with van der Waals surface area (Å²) in [6.07, 6.45) is 2.23. The fourth-order valence-corrected chi connectivity index (χ4v) is 4.82. The minimum atomic E-state index is -3.06. The molecule has 1 saturated heterocycles. The molecule has 1 fully saturated rings. The van der Waals surface area contributed by atoms with Crippen LogP contribution in [-0.4, -0.2) is 40.1 Å². The summed E-state index contributed by atoms with van der Waals surface area (Å²) in [5, 5.41) is 19.0. The van der Waals surface area contributed by atoms with Crippen LogP contribution in [0.4, 0.5) is 20.3 Å². The van der Waals surface area contributed by atoms with Crippen LogP contribution in [0.15, 0.2) is 72.0 Å². The molecule has 5 rings (SSSR count). The van der Waals surface area contributed by atoms with E-state index in [0.29, 0.717) is 16.8 Å². The monoisotopic (exact) mass is 504 g/mol. The van der Waals surface area contributed by atoms with Gasteiger partial charge in [-0.2, -0.15) is 5.10 Å². The quantitative estimate of drug-likeness (QED) is 0.460. The fraction of sp³-hybridized carbons (Fsp3) is 0.286. The largest absolute Gasteiger partial charge is 0.503 e. The number of nitrogens with zero attached hydrogens (tertiary/aromatic N) is 4. The zero-order chi connectivity index (χ0) is 26.3. The van der Waals surface area contributed by atoms with Gasteiger partial charge in [0.1, 0.15) is 0 Å². The normalized spacial score (nSPS) is 18.2. The number of aromatic nitrogens is 2. The summed E-state index contributed by atoms with van der Waals surface area (Å²) in [5.41, 5.74) is 1.95. The molecular weight excluding hydrogens is 478 g/mol. The molecule has 0 aliphatic carbocycles. The first-order chi connectivity index (χ1) is 17.6. The number of ketones is 1. The van der Waals surface area contributed by atoms with Gasteiger partial charge in [-0.15, -0.1) is 5.10 Å². The number of Topliss-reactive ketones (excluding diaryl/α,β-unsaturated/α-hetero) is 1. The van der Waals surface area contributed by atoms with Gasteiger partial charge in [-0.1, -0.05) is 24.3 Å². The molecule has 7 nitrogen and oxygen atoms in total. The van der Waals surface area contributed by atoms with Crippen molar-refractivity contribution in [3.05, 3.63) is 94.4 Å². The summed E-state index contributed by atoms with van der Waals surface area (Å²) in [5.74, 6) is -4.98. The summed E-state index contributed by atoms with van der Waals surface area (Å²) < 4.78 is 27.7. The third-order valence-corrected chi connectivity index (χ3v) is 6.82. The van der Waals surface area contributed by atoms with Crippen LogP contribution < -0.4 is 9.80 Å². The molecule has 2 aliphatic rings. The third-order valence-electron chi connectivity index (χ3n) is 6.82. The molecule has 0 radical (unpaired) electrons. The molecule has 9 heteroatoms. The predicted octanol–water partition coefficient (Wildman–Crippen LogP) is 5.28. The van der Waals surface area contributed by atoms with Gasteiger partial charge in [0.05, 0.1) is 17.3 Å². The molecule has 1 N–H and O–H groups in total. The van der Waals surface area contributed by atoms with Crippen LogP contribution in [0.2, 0.25) is 0 Å². The summed E-state index contributed by atoms with van der Waals surface area (Å²) in [4.78, 5) is 30.4. The molecule has 3 heterocycles. The minimum absolute atomic E-state index is 0.129. The molecular formula is C28H26F2N4O3. The van der Waals surface area contributed by atoms with Crippen molar-refractivity contribution in [1.82, 2.24) is 10.2 Å². The molecule has 2 aromatic carbocycles. The van der Waals surface area contributed by atoms with Crippen molar-refractivity contribution in [2.45, 2.75) is 38.7 Å². The standard InChI is InChI=1S/C28H26F2N4O3/c1-17-5-14-22(32-31-17)34-24(18-6-10-20(11-7-18)28(2,29)30)23(26(36)27(34)37)25(35)19-8-12-21(13-9-19)33-15-3-4-16-33/h5-14,24,36H,3-4,15-16H2,1-2H3. The number of alkyl halides is 2. The number of amides is 1. The van der Waals surface area contributed by atoms with Crippen LogP contribution in [0, 0.1) is 6.92 Å². The Morgan fingerprint density at radius 1 is 0.973 bits per heavy atom. The average Bonchev–Trinajstić information content (AvgIpc) is 3.51. The Kier molecular flexibility index (Phi) is 6.23. The topological polar surface area (TPSA) is 86.6 Å². The van der Waals surface area contributed by atoms with E-state index >= 15 is 0 Å². The molecule has 37 heavy (non-hydrogen) atoms. The van der Waals surface area contributed by atoms with Gasteiger partial charge in [0.25, 0.3) is 11.8 Å². The molecule has 190 valence electrons. The number of aliphatic hydroxyl groups is 1. The zero-order valence-electron chi connectivity index (χ0n) is 20.5. The van der Waals surface area contributed by atoms with Crippen molar-refractivity contribution in [1.29, 1.82) is 0 Å². The van der Waals surface area contributed by atoms with Gasteiger partial charge < -0.3 is 10.0 Å². The van der Waals surface area contributed by atoms with Crippen LogP contribution in [0.1, 0.15) is 53.0 Å². The number of carbonyl (C=O) groups excluding carboxylic acids is 2. The second-order valence-corrected chi connectivity index (χ2v) is 9.45. The maximum absolute atomic E-state index is 13.8. The second kappa shape index (κ2) is 9.38. The summed E-state index contributed by atoms with van der Waals surface area (Å²) in [6, 6.07) is 14.6. The van der Waals surface area contributed by atoms with E-state index in [2.05, 4.69) is 15.1 Å². The van der Waals surface area contributed by atoms with Gasteiger partial charge >= 0.3 is 0 Å². The molecule has 1 amide bonds. The fourth-order valence-electron chi connectivity index (χ4n) is 4.82. The van der Waals surface area contributed by atoms with Crippen LogP contribution in [0.25, 0.3) is 0 Å². The maximum Gasteiger partial charge on any atom is 0.295 e. The van der Waals surface area contributed by atoms with Crippen molar-refractivity contribution < 1.29 is 23.5 Å². The highest BCUT2D eigenvalue weighted by molar-refractivity contribution is 6.20. The van der Waals surface area contributed by atoms with Gasteiger partial charge in [-0.05, 0) is 61.7 Å². The zero-order valence-corrected chi connectivity index (χ0v) is 20.5. The Morgan fingerprint density at radius 2 is 1.62 bits per heavy atom. The van der Waals surface area contributed by atoms with Crippen molar-refractivity contribution in [3.8, 4) is 0 Å². The van der Waals surface area contributed by atoms with Crippen molar-refractivity contribution in [3.63, 3.8) is 0 Å². The maximum atomic E-state index is 13.8. The van der Waals surface area contributed by atoms with E-state index in [1.54, 1.807) is 31.2 Å². The van der Waals surface area contributed by atoms with E-state index in [4.69, 9.17) is 0 Å². The van der Waals surface area contributed by atoms with Crippen LogP contribution in [-0.2, 0) is 10.7 Å². The molecule has 0 spiro atoms. The molecule has 1 atom stereocenters. The lowest BCUT2D eigenvalue weighted by Crippen LogP contribution is -2.32. The first-order valence-corrected chi connectivity index (χ1v) is 12.1. The lowest BCUT2D eigenvalue weighted by molar-refractivity contribution is -0.117. The van der Waals surface area contributed by atoms with Crippen LogP contribution >= 0.6 is 0 Å². The first kappa shape index (κ1) is 24.5. The van der Waals surface area contributed by atoms with Crippen molar-refractivity contribution in [2.24, 2.45) is 0 Å². The number of aryl methyl sites for hydroxylation is 1. The number of halogens is 2. The number of benzene rings is 2. The number of hydrogen-bond acceptors (Lipinski definition) is 6. The van der Waals surface area contributed by atoms with E-state index < -0.39 is 29.4 Å². The van der Waals surface area contributed by atoms with Gasteiger partial charge in [0, 0.05) is 36.8 Å². The van der Waals surface area contributed by atoms with Gasteiger partial charge in [0.15, 0.2) is 17.4 Å². The van der Waals surface area contributed by atoms with Gasteiger partial charge in [-0.25, -0.2) is 8.78 Å². The number of rotatable bonds is 6. The second-order valence-electron chi connectivity index (χ2n) is 9.45. The molecule has 3 aromatic rings. The Hall–Kier alpha value is -4.14. The van der Waals surface area contributed by atoms with Crippen molar-refractivity contribution >= 4 is 23.2 Å². The van der Waals surface area contributed by atoms with Gasteiger partial charge in [-0.3, -0.25) is 14.5 Å². The summed E-state index contributed by atoms with van der Waals surface area (Å²) >= 11 is 0.